The van der Waals surface area contributed by atoms with Crippen LogP contribution in [0.1, 0.15) is 0 Å². The maximum Gasteiger partial charge on any atom is 0.0540 e. The molecule has 0 heterocycles. The first-order valence-corrected chi connectivity index (χ1v) is 24.0. The maximum atomic E-state index is 2.42. The number of benzene rings is 12. The molecule has 0 radical (unpaired) electrons. The van der Waals surface area contributed by atoms with E-state index >= 15 is 0 Å². The van der Waals surface area contributed by atoms with Gasteiger partial charge in [-0.3, -0.25) is 0 Å². The molecule has 2 nitrogen and oxygen atoms in total. The Labute approximate surface area is 410 Å². The van der Waals surface area contributed by atoms with Gasteiger partial charge in [-0.15, -0.1) is 0 Å². The van der Waals surface area contributed by atoms with Crippen LogP contribution in [0.3, 0.4) is 0 Å². The van der Waals surface area contributed by atoms with Crippen LogP contribution in [0.5, 0.6) is 0 Å². The largest absolute Gasteiger partial charge is 0.311 e. The van der Waals surface area contributed by atoms with Crippen molar-refractivity contribution in [2.45, 2.75) is 0 Å². The molecular formula is C68H48N2. The van der Waals surface area contributed by atoms with E-state index in [0.29, 0.717) is 0 Å². The van der Waals surface area contributed by atoms with E-state index in [2.05, 4.69) is 301 Å². The molecular weight excluding hydrogens is 845 g/mol. The molecule has 330 valence electrons. The molecule has 12 aromatic rings. The van der Waals surface area contributed by atoms with Gasteiger partial charge in [-0.25, -0.2) is 0 Å². The van der Waals surface area contributed by atoms with Gasteiger partial charge in [0.25, 0.3) is 0 Å². The van der Waals surface area contributed by atoms with Crippen molar-refractivity contribution < 1.29 is 0 Å². The van der Waals surface area contributed by atoms with Crippen LogP contribution in [0, 0.1) is 0 Å². The van der Waals surface area contributed by atoms with E-state index in [4.69, 9.17) is 0 Å². The lowest BCUT2D eigenvalue weighted by Gasteiger charge is -2.28. The molecule has 0 aromatic heterocycles. The fourth-order valence-corrected chi connectivity index (χ4v) is 9.92. The van der Waals surface area contributed by atoms with E-state index in [0.717, 1.165) is 45.3 Å². The SMILES string of the molecule is c1ccc(-c2ccc(N(c3ccc(-c4ccc(N(c5cc(-c6ccccc6)cc(-c6ccccc6)c5)c5cccc6ccccc56)cc4)cc3)c3ccc(-c4cccc5ccccc45)cc3)cc2)cc1. The number of fused-ring (bicyclic) bond motifs is 2. The van der Waals surface area contributed by atoms with Gasteiger partial charge in [0.05, 0.1) is 5.69 Å². The second kappa shape index (κ2) is 18.8. The Morgan fingerprint density at radius 2 is 0.529 bits per heavy atom. The molecule has 12 rings (SSSR count). The Morgan fingerprint density at radius 3 is 1.01 bits per heavy atom. The van der Waals surface area contributed by atoms with Crippen LogP contribution in [0.15, 0.2) is 291 Å². The fraction of sp³-hybridized carbons (Fsp3) is 0. The zero-order chi connectivity index (χ0) is 46.6. The Kier molecular flexibility index (Phi) is 11.3. The molecule has 0 N–H and O–H groups in total. The molecule has 0 aliphatic carbocycles. The van der Waals surface area contributed by atoms with Crippen LogP contribution < -0.4 is 9.80 Å². The first-order valence-electron chi connectivity index (χ1n) is 24.0. The number of hydrogen-bond acceptors (Lipinski definition) is 2. The predicted octanol–water partition coefficient (Wildman–Crippen LogP) is 19.3. The van der Waals surface area contributed by atoms with E-state index in [1.165, 1.54) is 66.1 Å². The Bertz CT molecular complexity index is 3650. The van der Waals surface area contributed by atoms with Crippen molar-refractivity contribution >= 4 is 55.7 Å². The highest BCUT2D eigenvalue weighted by atomic mass is 15.1. The van der Waals surface area contributed by atoms with Gasteiger partial charge in [0, 0.05) is 33.8 Å². The molecule has 0 aliphatic rings. The molecule has 0 bridgehead atoms. The van der Waals surface area contributed by atoms with Gasteiger partial charge in [-0.1, -0.05) is 218 Å². The lowest BCUT2D eigenvalue weighted by atomic mass is 9.96. The minimum Gasteiger partial charge on any atom is -0.311 e. The molecule has 0 saturated carbocycles. The summed E-state index contributed by atoms with van der Waals surface area (Å²) in [4.78, 5) is 4.77. The molecule has 0 amide bonds. The van der Waals surface area contributed by atoms with E-state index in [1.54, 1.807) is 0 Å². The highest BCUT2D eigenvalue weighted by molar-refractivity contribution is 6.00. The molecule has 0 saturated heterocycles. The van der Waals surface area contributed by atoms with Crippen molar-refractivity contribution in [1.82, 2.24) is 0 Å². The van der Waals surface area contributed by atoms with Gasteiger partial charge in [0.1, 0.15) is 0 Å². The number of rotatable bonds is 11. The quantitative estimate of drug-likeness (QED) is 0.128. The number of hydrogen-bond donors (Lipinski definition) is 0. The smallest absolute Gasteiger partial charge is 0.0540 e. The standard InChI is InChI=1S/C68H48N2/c1-4-16-49(17-5-1)52-30-38-60(39-31-52)69(62-44-36-57(37-45-62)66-28-14-24-55-22-10-12-26-65(55)66)61-40-32-53(33-41-61)54-34-42-63(43-35-54)70(68-29-15-25-56-23-11-13-27-67(56)68)64-47-58(50-18-6-2-7-19-50)46-59(48-64)51-20-8-3-9-21-51/h1-48H. The van der Waals surface area contributed by atoms with Crippen LogP contribution in [0.25, 0.3) is 77.2 Å². The van der Waals surface area contributed by atoms with Crippen LogP contribution in [0.2, 0.25) is 0 Å². The summed E-state index contributed by atoms with van der Waals surface area (Å²) in [5.41, 5.74) is 18.4. The zero-order valence-electron chi connectivity index (χ0n) is 38.6. The molecule has 70 heavy (non-hydrogen) atoms. The lowest BCUT2D eigenvalue weighted by molar-refractivity contribution is 1.28. The van der Waals surface area contributed by atoms with Crippen molar-refractivity contribution in [3.8, 4) is 55.6 Å². The average molecular weight is 893 g/mol. The second-order valence-electron chi connectivity index (χ2n) is 17.7. The summed E-state index contributed by atoms with van der Waals surface area (Å²) in [5, 5.41) is 4.89. The summed E-state index contributed by atoms with van der Waals surface area (Å²) < 4.78 is 0. The molecule has 0 fully saturated rings. The predicted molar refractivity (Wildman–Crippen MR) is 298 cm³/mol. The highest BCUT2D eigenvalue weighted by Crippen LogP contribution is 2.44. The van der Waals surface area contributed by atoms with Crippen molar-refractivity contribution in [3.63, 3.8) is 0 Å². The summed E-state index contributed by atoms with van der Waals surface area (Å²) >= 11 is 0. The van der Waals surface area contributed by atoms with Gasteiger partial charge >= 0.3 is 0 Å². The topological polar surface area (TPSA) is 6.48 Å². The van der Waals surface area contributed by atoms with Gasteiger partial charge in [-0.05, 0) is 145 Å². The fourth-order valence-electron chi connectivity index (χ4n) is 9.92. The van der Waals surface area contributed by atoms with Crippen molar-refractivity contribution in [3.05, 3.63) is 291 Å². The normalized spacial score (nSPS) is 11.1. The summed E-state index contributed by atoms with van der Waals surface area (Å²) in [5.74, 6) is 0. The van der Waals surface area contributed by atoms with Crippen LogP contribution >= 0.6 is 0 Å². The van der Waals surface area contributed by atoms with E-state index in [1.807, 2.05) is 0 Å². The summed E-state index contributed by atoms with van der Waals surface area (Å²) in [7, 11) is 0. The van der Waals surface area contributed by atoms with Gasteiger partial charge in [0.2, 0.25) is 0 Å². The van der Waals surface area contributed by atoms with Gasteiger partial charge < -0.3 is 9.80 Å². The van der Waals surface area contributed by atoms with Crippen molar-refractivity contribution in [1.29, 1.82) is 0 Å². The first-order chi connectivity index (χ1) is 34.7. The summed E-state index contributed by atoms with van der Waals surface area (Å²) in [6.07, 6.45) is 0. The third-order valence-electron chi connectivity index (χ3n) is 13.4. The molecule has 2 heteroatoms. The molecule has 0 atom stereocenters. The maximum absolute atomic E-state index is 2.42. The molecule has 12 aromatic carbocycles. The molecule has 0 unspecified atom stereocenters. The van der Waals surface area contributed by atoms with Gasteiger partial charge in [0.15, 0.2) is 0 Å². The van der Waals surface area contributed by atoms with Crippen molar-refractivity contribution in [2.75, 3.05) is 9.80 Å². The van der Waals surface area contributed by atoms with Crippen molar-refractivity contribution in [2.24, 2.45) is 0 Å². The minimum absolute atomic E-state index is 1.08. The average Bonchev–Trinajstić information content (AvgIpc) is 3.44. The van der Waals surface area contributed by atoms with E-state index < -0.39 is 0 Å². The monoisotopic (exact) mass is 892 g/mol. The Morgan fingerprint density at radius 1 is 0.186 bits per heavy atom. The second-order valence-corrected chi connectivity index (χ2v) is 17.7. The summed E-state index contributed by atoms with van der Waals surface area (Å²) in [6, 6.07) is 105. The lowest BCUT2D eigenvalue weighted by Crippen LogP contribution is -2.11. The van der Waals surface area contributed by atoms with Crippen LogP contribution in [0.4, 0.5) is 34.1 Å². The zero-order valence-corrected chi connectivity index (χ0v) is 38.6. The minimum atomic E-state index is 1.08. The third kappa shape index (κ3) is 8.40. The van der Waals surface area contributed by atoms with E-state index in [-0.39, 0.29) is 0 Å². The number of nitrogens with zero attached hydrogens (tertiary/aromatic N) is 2. The van der Waals surface area contributed by atoms with Crippen LogP contribution in [-0.4, -0.2) is 0 Å². The van der Waals surface area contributed by atoms with E-state index in [9.17, 15) is 0 Å². The Hall–Kier alpha value is -9.24. The van der Waals surface area contributed by atoms with Gasteiger partial charge in [-0.2, -0.15) is 0 Å². The first kappa shape index (κ1) is 42.1. The molecule has 0 spiro atoms. The summed E-state index contributed by atoms with van der Waals surface area (Å²) in [6.45, 7) is 0. The molecule has 0 aliphatic heterocycles. The third-order valence-corrected chi connectivity index (χ3v) is 13.4. The number of anilines is 6. The highest BCUT2D eigenvalue weighted by Gasteiger charge is 2.19. The Balaban J connectivity index is 0.915. The van der Waals surface area contributed by atoms with Crippen LogP contribution in [-0.2, 0) is 0 Å².